The monoisotopic (exact) mass is 396 g/mol. The molecule has 2 atom stereocenters. The number of H-pyrrole nitrogens is 1. The summed E-state index contributed by atoms with van der Waals surface area (Å²) < 4.78 is 5.41. The summed E-state index contributed by atoms with van der Waals surface area (Å²) in [7, 11) is 0. The predicted octanol–water partition coefficient (Wildman–Crippen LogP) is 3.32. The Bertz CT molecular complexity index is 855. The molecule has 0 amide bonds. The van der Waals surface area contributed by atoms with Gasteiger partial charge in [0.15, 0.2) is 5.75 Å². The number of benzene rings is 1. The van der Waals surface area contributed by atoms with E-state index in [0.29, 0.717) is 16.5 Å². The number of fused-ring (bicyclic) bond motifs is 1. The molecule has 1 aromatic heterocycles. The number of aliphatic hydroxyl groups is 1. The third-order valence-corrected chi connectivity index (χ3v) is 4.03. The highest BCUT2D eigenvalue weighted by molar-refractivity contribution is 5.90. The smallest absolute Gasteiger partial charge is 0.313 e. The Morgan fingerprint density at radius 1 is 1.15 bits per heavy atom. The lowest BCUT2D eigenvalue weighted by Crippen LogP contribution is -2.45. The quantitative estimate of drug-likeness (QED) is 0.532. The molecule has 0 spiro atoms. The molecule has 2 rings (SSSR count). The molecule has 27 heavy (non-hydrogen) atoms. The molecule has 1 heterocycles. The van der Waals surface area contributed by atoms with E-state index < -0.39 is 6.10 Å². The van der Waals surface area contributed by atoms with Gasteiger partial charge in [0.2, 0.25) is 5.56 Å². The van der Waals surface area contributed by atoms with Crippen molar-refractivity contribution in [3.8, 4) is 5.75 Å². The van der Waals surface area contributed by atoms with Gasteiger partial charge in [-0.25, -0.2) is 0 Å². The predicted molar refractivity (Wildman–Crippen MR) is 110 cm³/mol. The zero-order valence-corrected chi connectivity index (χ0v) is 17.4. The first-order valence-electron chi connectivity index (χ1n) is 8.83. The lowest BCUT2D eigenvalue weighted by Gasteiger charge is -2.30. The van der Waals surface area contributed by atoms with E-state index in [2.05, 4.69) is 10.3 Å². The van der Waals surface area contributed by atoms with E-state index in [1.807, 2.05) is 27.7 Å². The van der Waals surface area contributed by atoms with Crippen LogP contribution in [0.3, 0.4) is 0 Å². The zero-order chi connectivity index (χ0) is 19.6. The zero-order valence-electron chi connectivity index (χ0n) is 16.6. The van der Waals surface area contributed by atoms with Gasteiger partial charge in [-0.15, -0.1) is 12.4 Å². The van der Waals surface area contributed by atoms with Crippen LogP contribution in [0.1, 0.15) is 53.2 Å². The molecule has 0 radical (unpaired) electrons. The van der Waals surface area contributed by atoms with Gasteiger partial charge >= 0.3 is 5.97 Å². The Kier molecular flexibility index (Phi) is 7.60. The first kappa shape index (κ1) is 23.1. The molecule has 3 N–H and O–H groups in total. The second-order valence-electron chi connectivity index (χ2n) is 7.97. The SMILES string of the molecule is CC(C)C(=O)Oc1ccc(C(O)C(C)NC(C)(C)C)c2ccc(=O)[nH]c12.Cl. The highest BCUT2D eigenvalue weighted by Gasteiger charge is 2.24. The number of hydrogen-bond acceptors (Lipinski definition) is 5. The summed E-state index contributed by atoms with van der Waals surface area (Å²) in [6.07, 6.45) is -0.794. The van der Waals surface area contributed by atoms with Crippen molar-refractivity contribution in [1.82, 2.24) is 10.3 Å². The van der Waals surface area contributed by atoms with Crippen molar-refractivity contribution in [2.75, 3.05) is 0 Å². The number of esters is 1. The molecule has 1 aromatic carbocycles. The molecule has 0 bridgehead atoms. The highest BCUT2D eigenvalue weighted by atomic mass is 35.5. The normalized spacial score (nSPS) is 13.9. The Hall–Kier alpha value is -1.89. The average Bonchev–Trinajstić information content (AvgIpc) is 2.52. The van der Waals surface area contributed by atoms with Crippen LogP contribution in [0.2, 0.25) is 0 Å². The first-order chi connectivity index (χ1) is 12.0. The number of hydrogen-bond donors (Lipinski definition) is 3. The molecule has 7 heteroatoms. The summed E-state index contributed by atoms with van der Waals surface area (Å²) in [6.45, 7) is 11.5. The number of carbonyl (C=O) groups is 1. The lowest BCUT2D eigenvalue weighted by atomic mass is 9.96. The topological polar surface area (TPSA) is 91.4 Å². The third-order valence-electron chi connectivity index (χ3n) is 4.03. The van der Waals surface area contributed by atoms with Crippen LogP contribution in [-0.4, -0.2) is 27.6 Å². The minimum absolute atomic E-state index is 0. The van der Waals surface area contributed by atoms with Crippen LogP contribution < -0.4 is 15.6 Å². The number of rotatable bonds is 5. The van der Waals surface area contributed by atoms with E-state index in [4.69, 9.17) is 4.74 Å². The molecular formula is C20H29ClN2O4. The standard InChI is InChI=1S/C20H28N2O4.ClH/c1-11(2)19(25)26-15-9-7-14(13-8-10-16(23)21-17(13)15)18(24)12(3)22-20(4,5)6;/h7-12,18,22,24H,1-6H3,(H,21,23);1H. The van der Waals surface area contributed by atoms with Gasteiger partial charge in [0.25, 0.3) is 0 Å². The van der Waals surface area contributed by atoms with E-state index in [0.717, 1.165) is 0 Å². The fourth-order valence-electron chi connectivity index (χ4n) is 2.85. The molecule has 0 aliphatic rings. The summed E-state index contributed by atoms with van der Waals surface area (Å²) in [5.74, 6) is -0.391. The van der Waals surface area contributed by atoms with Gasteiger partial charge in [0, 0.05) is 23.0 Å². The maximum atomic E-state index is 12.0. The van der Waals surface area contributed by atoms with Crippen LogP contribution in [0, 0.1) is 5.92 Å². The van der Waals surface area contributed by atoms with Crippen LogP contribution in [-0.2, 0) is 4.79 Å². The van der Waals surface area contributed by atoms with E-state index in [1.54, 1.807) is 32.0 Å². The van der Waals surface area contributed by atoms with Gasteiger partial charge in [0.05, 0.1) is 17.5 Å². The fourth-order valence-corrected chi connectivity index (χ4v) is 2.85. The number of aliphatic hydroxyl groups excluding tert-OH is 1. The number of aromatic amines is 1. The number of nitrogens with one attached hydrogen (secondary N) is 2. The second kappa shape index (κ2) is 8.87. The molecule has 2 unspecified atom stereocenters. The van der Waals surface area contributed by atoms with Crippen molar-refractivity contribution in [3.63, 3.8) is 0 Å². The molecule has 0 saturated heterocycles. The van der Waals surface area contributed by atoms with Crippen LogP contribution in [0.5, 0.6) is 5.75 Å². The Balaban J connectivity index is 0.00000364. The maximum absolute atomic E-state index is 12.0. The first-order valence-corrected chi connectivity index (χ1v) is 8.83. The number of pyridine rings is 1. The number of carbonyl (C=O) groups excluding carboxylic acids is 1. The van der Waals surface area contributed by atoms with E-state index in [-0.39, 0.29) is 47.2 Å². The Morgan fingerprint density at radius 3 is 2.33 bits per heavy atom. The summed E-state index contributed by atoms with van der Waals surface area (Å²) in [5.41, 5.74) is 0.611. The summed E-state index contributed by atoms with van der Waals surface area (Å²) >= 11 is 0. The Labute approximate surface area is 165 Å². The highest BCUT2D eigenvalue weighted by Crippen LogP contribution is 2.31. The maximum Gasteiger partial charge on any atom is 0.313 e. The fraction of sp³-hybridized carbons (Fsp3) is 0.500. The van der Waals surface area contributed by atoms with Crippen molar-refractivity contribution in [1.29, 1.82) is 0 Å². The van der Waals surface area contributed by atoms with Crippen LogP contribution in [0.15, 0.2) is 29.1 Å². The van der Waals surface area contributed by atoms with Crippen LogP contribution >= 0.6 is 12.4 Å². The van der Waals surface area contributed by atoms with Crippen molar-refractivity contribution in [2.45, 2.75) is 59.2 Å². The summed E-state index contributed by atoms with van der Waals surface area (Å²) in [4.78, 5) is 26.5. The van der Waals surface area contributed by atoms with Gasteiger partial charge < -0.3 is 20.1 Å². The molecule has 0 aliphatic heterocycles. The van der Waals surface area contributed by atoms with Crippen molar-refractivity contribution < 1.29 is 14.6 Å². The van der Waals surface area contributed by atoms with Crippen molar-refractivity contribution in [3.05, 3.63) is 40.2 Å². The number of ether oxygens (including phenoxy) is 1. The van der Waals surface area contributed by atoms with Crippen molar-refractivity contribution in [2.24, 2.45) is 5.92 Å². The second-order valence-corrected chi connectivity index (χ2v) is 7.97. The Morgan fingerprint density at radius 2 is 1.78 bits per heavy atom. The van der Waals surface area contributed by atoms with Gasteiger partial charge in [-0.2, -0.15) is 0 Å². The van der Waals surface area contributed by atoms with E-state index in [9.17, 15) is 14.7 Å². The average molecular weight is 397 g/mol. The third kappa shape index (κ3) is 5.79. The largest absolute Gasteiger partial charge is 0.424 e. The van der Waals surface area contributed by atoms with E-state index >= 15 is 0 Å². The molecular weight excluding hydrogens is 368 g/mol. The van der Waals surface area contributed by atoms with Crippen LogP contribution in [0.4, 0.5) is 0 Å². The lowest BCUT2D eigenvalue weighted by molar-refractivity contribution is -0.137. The minimum Gasteiger partial charge on any atom is -0.424 e. The number of halogens is 1. The van der Waals surface area contributed by atoms with Crippen molar-refractivity contribution >= 4 is 29.3 Å². The van der Waals surface area contributed by atoms with Gasteiger partial charge in [-0.05, 0) is 45.4 Å². The van der Waals surface area contributed by atoms with Crippen LogP contribution in [0.25, 0.3) is 10.9 Å². The molecule has 2 aromatic rings. The summed E-state index contributed by atoms with van der Waals surface area (Å²) in [6, 6.07) is 6.17. The molecule has 0 aliphatic carbocycles. The minimum atomic E-state index is -0.794. The van der Waals surface area contributed by atoms with Gasteiger partial charge in [-0.3, -0.25) is 9.59 Å². The molecule has 0 fully saturated rings. The number of aromatic nitrogens is 1. The van der Waals surface area contributed by atoms with E-state index in [1.165, 1.54) is 6.07 Å². The molecule has 0 saturated carbocycles. The summed E-state index contributed by atoms with van der Waals surface area (Å²) in [5, 5.41) is 14.8. The molecule has 6 nitrogen and oxygen atoms in total. The molecule has 150 valence electrons. The van der Waals surface area contributed by atoms with Gasteiger partial charge in [0.1, 0.15) is 0 Å². The van der Waals surface area contributed by atoms with Gasteiger partial charge in [-0.1, -0.05) is 19.9 Å².